The summed E-state index contributed by atoms with van der Waals surface area (Å²) in [6, 6.07) is 0.0896. The van der Waals surface area contributed by atoms with Crippen molar-refractivity contribution in [1.29, 1.82) is 0 Å². The van der Waals surface area contributed by atoms with Crippen molar-refractivity contribution < 1.29 is 14.7 Å². The van der Waals surface area contributed by atoms with Crippen LogP contribution in [-0.2, 0) is 9.59 Å². The summed E-state index contributed by atoms with van der Waals surface area (Å²) in [4.78, 5) is 26.6. The van der Waals surface area contributed by atoms with Crippen molar-refractivity contribution in [2.24, 2.45) is 5.41 Å². The van der Waals surface area contributed by atoms with E-state index in [1.807, 2.05) is 13.8 Å². The number of aliphatic hydroxyl groups excluding tert-OH is 1. The van der Waals surface area contributed by atoms with Crippen molar-refractivity contribution >= 4 is 11.8 Å². The van der Waals surface area contributed by atoms with Gasteiger partial charge in [0.25, 0.3) is 0 Å². The van der Waals surface area contributed by atoms with Crippen LogP contribution in [0, 0.1) is 5.41 Å². The van der Waals surface area contributed by atoms with Crippen LogP contribution in [0.15, 0.2) is 0 Å². The number of hydrogen-bond donors (Lipinski definition) is 3. The molecule has 2 amide bonds. The highest BCUT2D eigenvalue weighted by Gasteiger charge is 2.36. The first-order valence-electron chi connectivity index (χ1n) is 8.34. The maximum absolute atomic E-state index is 12.2. The lowest BCUT2D eigenvalue weighted by molar-refractivity contribution is -0.135. The van der Waals surface area contributed by atoms with Crippen molar-refractivity contribution in [2.45, 2.75) is 58.0 Å². The van der Waals surface area contributed by atoms with Gasteiger partial charge in [0.2, 0.25) is 11.8 Å². The van der Waals surface area contributed by atoms with Crippen LogP contribution >= 0.6 is 0 Å². The second kappa shape index (κ2) is 7.42. The van der Waals surface area contributed by atoms with Crippen LogP contribution in [0.4, 0.5) is 0 Å². The minimum Gasteiger partial charge on any atom is -0.396 e. The van der Waals surface area contributed by atoms with E-state index >= 15 is 0 Å². The van der Waals surface area contributed by atoms with Crippen molar-refractivity contribution in [3.05, 3.63) is 0 Å². The third-order valence-electron chi connectivity index (χ3n) is 4.74. The molecule has 6 nitrogen and oxygen atoms in total. The number of nitrogens with zero attached hydrogens (tertiary/aromatic N) is 1. The molecule has 3 N–H and O–H groups in total. The van der Waals surface area contributed by atoms with E-state index in [2.05, 4.69) is 15.5 Å². The summed E-state index contributed by atoms with van der Waals surface area (Å²) in [6.07, 6.45) is 4.88. The van der Waals surface area contributed by atoms with Gasteiger partial charge in [-0.05, 0) is 12.8 Å². The smallest absolute Gasteiger partial charge is 0.237 e. The molecule has 0 bridgehead atoms. The van der Waals surface area contributed by atoms with Gasteiger partial charge in [-0.1, -0.05) is 26.7 Å². The van der Waals surface area contributed by atoms with E-state index < -0.39 is 0 Å². The molecule has 126 valence electrons. The number of amides is 2. The average Bonchev–Trinajstić information content (AvgIpc) is 3.01. The van der Waals surface area contributed by atoms with Crippen molar-refractivity contribution in [3.63, 3.8) is 0 Å². The first kappa shape index (κ1) is 17.2. The Labute approximate surface area is 132 Å². The van der Waals surface area contributed by atoms with E-state index in [0.717, 1.165) is 19.4 Å². The second-order valence-electron chi connectivity index (χ2n) is 7.29. The molecule has 0 radical (unpaired) electrons. The van der Waals surface area contributed by atoms with Crippen molar-refractivity contribution in [1.82, 2.24) is 15.5 Å². The van der Waals surface area contributed by atoms with Crippen LogP contribution < -0.4 is 10.6 Å². The van der Waals surface area contributed by atoms with Crippen LogP contribution in [0.5, 0.6) is 0 Å². The quantitative estimate of drug-likeness (QED) is 0.657. The maximum Gasteiger partial charge on any atom is 0.237 e. The van der Waals surface area contributed by atoms with Gasteiger partial charge in [-0.25, -0.2) is 0 Å². The van der Waals surface area contributed by atoms with Crippen molar-refractivity contribution in [2.75, 3.05) is 26.2 Å². The molecule has 0 aromatic heterocycles. The SMILES string of the molecule is CC(C)(CO)CNC(=O)CC1C(=O)NCCN1C1CCCC1. The average molecular weight is 311 g/mol. The van der Waals surface area contributed by atoms with Gasteiger partial charge >= 0.3 is 0 Å². The van der Waals surface area contributed by atoms with E-state index in [9.17, 15) is 14.7 Å². The number of rotatable bonds is 6. The van der Waals surface area contributed by atoms with Crippen LogP contribution in [0.25, 0.3) is 0 Å². The number of carbonyl (C=O) groups is 2. The fourth-order valence-electron chi connectivity index (χ4n) is 3.26. The molecule has 0 aromatic carbocycles. The Morgan fingerprint density at radius 1 is 1.41 bits per heavy atom. The summed E-state index contributed by atoms with van der Waals surface area (Å²) in [5.74, 6) is -0.152. The Hall–Kier alpha value is -1.14. The molecule has 1 unspecified atom stereocenters. The molecular weight excluding hydrogens is 282 g/mol. The molecule has 1 saturated heterocycles. The molecule has 0 spiro atoms. The molecular formula is C16H29N3O3. The lowest BCUT2D eigenvalue weighted by Gasteiger charge is -2.39. The van der Waals surface area contributed by atoms with Gasteiger partial charge in [-0.3, -0.25) is 14.5 Å². The molecule has 2 fully saturated rings. The number of hydrogen-bond acceptors (Lipinski definition) is 4. The fourth-order valence-corrected chi connectivity index (χ4v) is 3.26. The normalized spacial score (nSPS) is 24.3. The molecule has 1 aliphatic heterocycles. The van der Waals surface area contributed by atoms with E-state index in [4.69, 9.17) is 0 Å². The first-order chi connectivity index (χ1) is 10.4. The van der Waals surface area contributed by atoms with Gasteiger partial charge in [-0.2, -0.15) is 0 Å². The molecule has 0 aromatic rings. The fraction of sp³-hybridized carbons (Fsp3) is 0.875. The summed E-state index contributed by atoms with van der Waals surface area (Å²) >= 11 is 0. The molecule has 1 heterocycles. The zero-order chi connectivity index (χ0) is 16.2. The van der Waals surface area contributed by atoms with Crippen LogP contribution in [-0.4, -0.2) is 60.1 Å². The number of carbonyl (C=O) groups excluding carboxylic acids is 2. The molecule has 1 atom stereocenters. The van der Waals surface area contributed by atoms with Gasteiger partial charge in [0.15, 0.2) is 0 Å². The predicted molar refractivity (Wildman–Crippen MR) is 84.3 cm³/mol. The van der Waals surface area contributed by atoms with E-state index in [0.29, 0.717) is 19.1 Å². The Bertz CT molecular complexity index is 405. The highest BCUT2D eigenvalue weighted by atomic mass is 16.3. The molecule has 1 saturated carbocycles. The summed E-state index contributed by atoms with van der Waals surface area (Å²) in [5, 5.41) is 15.0. The highest BCUT2D eigenvalue weighted by Crippen LogP contribution is 2.26. The Balaban J connectivity index is 1.91. The zero-order valence-electron chi connectivity index (χ0n) is 13.7. The predicted octanol–water partition coefficient (Wildman–Crippen LogP) is 0.254. The monoisotopic (exact) mass is 311 g/mol. The van der Waals surface area contributed by atoms with E-state index in [1.54, 1.807) is 0 Å². The zero-order valence-corrected chi connectivity index (χ0v) is 13.7. The van der Waals surface area contributed by atoms with Gasteiger partial charge < -0.3 is 15.7 Å². The number of aliphatic hydroxyl groups is 1. The third kappa shape index (κ3) is 4.43. The van der Waals surface area contributed by atoms with Gasteiger partial charge in [-0.15, -0.1) is 0 Å². The number of piperazine rings is 1. The van der Waals surface area contributed by atoms with Gasteiger partial charge in [0.1, 0.15) is 0 Å². The van der Waals surface area contributed by atoms with E-state index in [-0.39, 0.29) is 36.3 Å². The minimum atomic E-state index is -0.353. The molecule has 6 heteroatoms. The summed E-state index contributed by atoms with van der Waals surface area (Å²) in [5.41, 5.74) is -0.338. The molecule has 2 rings (SSSR count). The Morgan fingerprint density at radius 3 is 2.73 bits per heavy atom. The summed E-state index contributed by atoms with van der Waals surface area (Å²) < 4.78 is 0. The second-order valence-corrected chi connectivity index (χ2v) is 7.29. The van der Waals surface area contributed by atoms with E-state index in [1.165, 1.54) is 12.8 Å². The van der Waals surface area contributed by atoms with Crippen LogP contribution in [0.3, 0.4) is 0 Å². The first-order valence-corrected chi connectivity index (χ1v) is 8.34. The standard InChI is InChI=1S/C16H29N3O3/c1-16(2,11-20)10-18-14(21)9-13-15(22)17-7-8-19(13)12-5-3-4-6-12/h12-13,20H,3-11H2,1-2H3,(H,17,22)(H,18,21). The summed E-state index contributed by atoms with van der Waals surface area (Å²) in [6.45, 7) is 5.73. The van der Waals surface area contributed by atoms with Gasteiger partial charge in [0.05, 0.1) is 12.5 Å². The highest BCUT2D eigenvalue weighted by molar-refractivity contribution is 5.88. The van der Waals surface area contributed by atoms with Crippen molar-refractivity contribution in [3.8, 4) is 0 Å². The maximum atomic E-state index is 12.2. The third-order valence-corrected chi connectivity index (χ3v) is 4.74. The molecule has 22 heavy (non-hydrogen) atoms. The molecule has 2 aliphatic rings. The lowest BCUT2D eigenvalue weighted by Crippen LogP contribution is -2.59. The lowest BCUT2D eigenvalue weighted by atomic mass is 9.95. The largest absolute Gasteiger partial charge is 0.396 e. The van der Waals surface area contributed by atoms with Gasteiger partial charge in [0, 0.05) is 37.7 Å². The Kier molecular flexibility index (Phi) is 5.81. The Morgan fingerprint density at radius 2 is 2.09 bits per heavy atom. The minimum absolute atomic E-state index is 0.0192. The van der Waals surface area contributed by atoms with Crippen LogP contribution in [0.2, 0.25) is 0 Å². The van der Waals surface area contributed by atoms with Crippen LogP contribution in [0.1, 0.15) is 46.0 Å². The molecule has 1 aliphatic carbocycles. The topological polar surface area (TPSA) is 81.7 Å². The number of nitrogens with one attached hydrogen (secondary N) is 2. The summed E-state index contributed by atoms with van der Waals surface area (Å²) in [7, 11) is 0.